The van der Waals surface area contributed by atoms with Crippen LogP contribution in [0.4, 0.5) is 5.69 Å². The van der Waals surface area contributed by atoms with E-state index < -0.39 is 33.4 Å². The quantitative estimate of drug-likeness (QED) is 0.408. The third-order valence-electron chi connectivity index (χ3n) is 9.91. The first-order valence-electron chi connectivity index (χ1n) is 15.4. The van der Waals surface area contributed by atoms with Gasteiger partial charge in [-0.15, -0.1) is 11.8 Å². The summed E-state index contributed by atoms with van der Waals surface area (Å²) < 4.78 is -1.64. The van der Waals surface area contributed by atoms with Crippen molar-refractivity contribution < 1.29 is 19.5 Å². The Morgan fingerprint density at radius 2 is 1.59 bits per heavy atom. The van der Waals surface area contributed by atoms with Gasteiger partial charge in [0.1, 0.15) is 6.04 Å². The van der Waals surface area contributed by atoms with Crippen LogP contribution in [0.25, 0.3) is 10.8 Å². The lowest BCUT2D eigenvalue weighted by molar-refractivity contribution is -0.145. The topological polar surface area (TPSA) is 81.2 Å². The molecule has 8 heteroatoms. The monoisotopic (exact) mass is 607 g/mol. The molecule has 7 rings (SSSR count). The summed E-state index contributed by atoms with van der Waals surface area (Å²) >= 11 is 1.57. The second-order valence-corrected chi connectivity index (χ2v) is 14.3. The maximum absolute atomic E-state index is 14.8. The first-order valence-corrected chi connectivity index (χ1v) is 16.2. The van der Waals surface area contributed by atoms with Crippen LogP contribution >= 0.6 is 11.8 Å². The molecule has 6 atom stereocenters. The summed E-state index contributed by atoms with van der Waals surface area (Å²) in [4.78, 5) is 49.3. The highest BCUT2D eigenvalue weighted by molar-refractivity contribution is 8.02. The van der Waals surface area contributed by atoms with Gasteiger partial charge in [-0.05, 0) is 41.8 Å². The van der Waals surface area contributed by atoms with Gasteiger partial charge in [-0.1, -0.05) is 91.9 Å². The molecule has 2 saturated heterocycles. The summed E-state index contributed by atoms with van der Waals surface area (Å²) in [6.45, 7) is 4.96. The summed E-state index contributed by atoms with van der Waals surface area (Å²) in [5, 5.41) is 12.6. The molecule has 0 aliphatic carbocycles. The summed E-state index contributed by atoms with van der Waals surface area (Å²) in [6, 6.07) is 22.5. The molecule has 0 bridgehead atoms. The van der Waals surface area contributed by atoms with Crippen LogP contribution in [0.1, 0.15) is 25.8 Å². The Morgan fingerprint density at radius 1 is 0.864 bits per heavy atom. The van der Waals surface area contributed by atoms with Crippen LogP contribution < -0.4 is 4.90 Å². The van der Waals surface area contributed by atoms with E-state index in [-0.39, 0.29) is 24.3 Å². The molecule has 4 heterocycles. The molecule has 0 saturated carbocycles. The van der Waals surface area contributed by atoms with Gasteiger partial charge in [-0.2, -0.15) is 0 Å². The van der Waals surface area contributed by atoms with Gasteiger partial charge in [0, 0.05) is 30.1 Å². The van der Waals surface area contributed by atoms with Crippen LogP contribution in [-0.2, 0) is 20.9 Å². The van der Waals surface area contributed by atoms with Crippen molar-refractivity contribution in [3.63, 3.8) is 0 Å². The van der Waals surface area contributed by atoms with Crippen LogP contribution in [0, 0.1) is 11.8 Å². The Balaban J connectivity index is 1.33. The first kappa shape index (κ1) is 28.9. The van der Waals surface area contributed by atoms with Gasteiger partial charge in [0.05, 0.1) is 29.2 Å². The van der Waals surface area contributed by atoms with Crippen LogP contribution in [-0.4, -0.2) is 73.9 Å². The van der Waals surface area contributed by atoms with E-state index >= 15 is 0 Å². The summed E-state index contributed by atoms with van der Waals surface area (Å²) in [5.74, 6) is -1.88. The van der Waals surface area contributed by atoms with Gasteiger partial charge in [-0.3, -0.25) is 14.4 Å². The number of thioether (sulfide) groups is 1. The standard InChI is InChI=1S/C36H37N3O4S/c1-3-27(23-40)39-31-34(43)38(28-16-15-25-13-7-8-14-26(25)21-28)20-10-18-36(31)30(33(39)42)29-32(41)37(19-9-17-35(29,2)44-36)22-24-11-5-4-6-12-24/h4-18,21,27,29-31,40H,3,19-20,22-23H2,1-2H3/t27-,29+,30-,31?,35-,36-/m0/s1. The predicted molar refractivity (Wildman–Crippen MR) is 174 cm³/mol. The largest absolute Gasteiger partial charge is 0.394 e. The molecule has 226 valence electrons. The number of hydrogen-bond acceptors (Lipinski definition) is 5. The van der Waals surface area contributed by atoms with Crippen molar-refractivity contribution in [2.45, 2.75) is 48.4 Å². The Bertz CT molecular complexity index is 1690. The Labute approximate surface area is 262 Å². The summed E-state index contributed by atoms with van der Waals surface area (Å²) in [7, 11) is 0. The normalized spacial score (nSPS) is 30.3. The second-order valence-electron chi connectivity index (χ2n) is 12.5. The van der Waals surface area contributed by atoms with Crippen molar-refractivity contribution in [3.05, 3.63) is 103 Å². The molecule has 3 aromatic rings. The Hall–Kier alpha value is -3.88. The molecule has 4 aliphatic rings. The number of nitrogens with zero attached hydrogens (tertiary/aromatic N) is 3. The molecule has 3 amide bonds. The zero-order valence-corrected chi connectivity index (χ0v) is 25.8. The Morgan fingerprint density at radius 3 is 2.34 bits per heavy atom. The molecule has 7 nitrogen and oxygen atoms in total. The zero-order valence-electron chi connectivity index (χ0n) is 25.0. The SMILES string of the molecule is CC[C@@H](CO)N1C(=O)[C@@H]2[C@@H]3C(=O)N(Cc4ccccc4)CC=C[C@]3(C)S[C@@]23C=CCN(c2ccc4ccccc4c2)C(=O)C13. The minimum Gasteiger partial charge on any atom is -0.394 e. The zero-order chi connectivity index (χ0) is 30.6. The number of aliphatic hydroxyl groups excluding tert-OH is 1. The van der Waals surface area contributed by atoms with Crippen molar-refractivity contribution in [2.24, 2.45) is 11.8 Å². The number of hydrogen-bond donors (Lipinski definition) is 1. The highest BCUT2D eigenvalue weighted by atomic mass is 32.2. The van der Waals surface area contributed by atoms with Crippen molar-refractivity contribution in [2.75, 3.05) is 24.6 Å². The number of likely N-dealkylation sites (tertiary alicyclic amines) is 1. The molecule has 2 fully saturated rings. The summed E-state index contributed by atoms with van der Waals surface area (Å²) in [6.07, 6.45) is 8.65. The third kappa shape index (κ3) is 4.33. The van der Waals surface area contributed by atoms with Crippen LogP contribution in [0.3, 0.4) is 0 Å². The maximum atomic E-state index is 14.8. The molecule has 1 spiro atoms. The fourth-order valence-corrected chi connectivity index (χ4v) is 9.98. The van der Waals surface area contributed by atoms with E-state index in [0.717, 1.165) is 22.0 Å². The van der Waals surface area contributed by atoms with E-state index in [4.69, 9.17) is 0 Å². The maximum Gasteiger partial charge on any atom is 0.251 e. The number of rotatable bonds is 6. The Kier molecular flexibility index (Phi) is 7.17. The van der Waals surface area contributed by atoms with E-state index in [1.807, 2.05) is 110 Å². The third-order valence-corrected chi connectivity index (χ3v) is 11.7. The van der Waals surface area contributed by atoms with E-state index in [2.05, 4.69) is 6.08 Å². The number of aliphatic hydroxyl groups is 1. The molecule has 3 aromatic carbocycles. The number of benzene rings is 3. The van der Waals surface area contributed by atoms with Gasteiger partial charge in [0.25, 0.3) is 5.91 Å². The van der Waals surface area contributed by atoms with E-state index in [1.165, 1.54) is 0 Å². The number of amides is 3. The minimum absolute atomic E-state index is 0.0711. The van der Waals surface area contributed by atoms with Crippen molar-refractivity contribution in [1.29, 1.82) is 0 Å². The first-order chi connectivity index (χ1) is 21.3. The van der Waals surface area contributed by atoms with Gasteiger partial charge in [0.2, 0.25) is 11.8 Å². The van der Waals surface area contributed by atoms with Crippen LogP contribution in [0.5, 0.6) is 0 Å². The molecule has 0 aromatic heterocycles. The van der Waals surface area contributed by atoms with Gasteiger partial charge in [-0.25, -0.2) is 0 Å². The molecule has 0 radical (unpaired) electrons. The number of carbonyl (C=O) groups is 3. The van der Waals surface area contributed by atoms with Crippen molar-refractivity contribution in [1.82, 2.24) is 9.80 Å². The number of carbonyl (C=O) groups excluding carboxylic acids is 3. The van der Waals surface area contributed by atoms with Crippen molar-refractivity contribution in [3.8, 4) is 0 Å². The predicted octanol–water partition coefficient (Wildman–Crippen LogP) is 4.80. The van der Waals surface area contributed by atoms with E-state index in [1.54, 1.807) is 21.6 Å². The van der Waals surface area contributed by atoms with Crippen LogP contribution in [0.15, 0.2) is 97.1 Å². The fourth-order valence-electron chi connectivity index (χ4n) is 7.84. The minimum atomic E-state index is -0.961. The fraction of sp³-hybridized carbons (Fsp3) is 0.361. The lowest BCUT2D eigenvalue weighted by Gasteiger charge is -2.39. The van der Waals surface area contributed by atoms with Crippen molar-refractivity contribution >= 4 is 45.9 Å². The average molecular weight is 608 g/mol. The van der Waals surface area contributed by atoms with Gasteiger partial charge >= 0.3 is 0 Å². The molecule has 44 heavy (non-hydrogen) atoms. The smallest absolute Gasteiger partial charge is 0.251 e. The number of fused-ring (bicyclic) bond motifs is 3. The highest BCUT2D eigenvalue weighted by Gasteiger charge is 2.74. The highest BCUT2D eigenvalue weighted by Crippen LogP contribution is 2.66. The second kappa shape index (κ2) is 10.9. The summed E-state index contributed by atoms with van der Waals surface area (Å²) in [5.41, 5.74) is 1.79. The lowest BCUT2D eigenvalue weighted by Crippen LogP contribution is -2.56. The van der Waals surface area contributed by atoms with Gasteiger partial charge < -0.3 is 19.8 Å². The molecule has 4 aliphatic heterocycles. The van der Waals surface area contributed by atoms with E-state index in [0.29, 0.717) is 26.1 Å². The molecule has 1 unspecified atom stereocenters. The van der Waals surface area contributed by atoms with Gasteiger partial charge in [0.15, 0.2) is 0 Å². The lowest BCUT2D eigenvalue weighted by atomic mass is 9.74. The van der Waals surface area contributed by atoms with Crippen LogP contribution in [0.2, 0.25) is 0 Å². The molecular formula is C36H37N3O4S. The van der Waals surface area contributed by atoms with E-state index in [9.17, 15) is 19.5 Å². The average Bonchev–Trinajstić information content (AvgIpc) is 3.31. The number of anilines is 1. The molecular weight excluding hydrogens is 570 g/mol. The molecule has 1 N–H and O–H groups in total.